The topological polar surface area (TPSA) is 38.1 Å². The van der Waals surface area contributed by atoms with Crippen molar-refractivity contribution in [3.05, 3.63) is 52.0 Å². The Labute approximate surface area is 128 Å². The number of aliphatic hydroxyl groups is 1. The van der Waals surface area contributed by atoms with E-state index in [9.17, 15) is 5.11 Å². The van der Waals surface area contributed by atoms with E-state index in [1.165, 1.54) is 4.88 Å². The third-order valence-corrected chi connectivity index (χ3v) is 5.12. The van der Waals surface area contributed by atoms with Crippen molar-refractivity contribution >= 4 is 22.4 Å². The summed E-state index contributed by atoms with van der Waals surface area (Å²) in [5.41, 5.74) is 2.14. The Bertz CT molecular complexity index is 744. The van der Waals surface area contributed by atoms with Crippen molar-refractivity contribution in [3.63, 3.8) is 0 Å². The molecule has 3 rings (SSSR count). The second kappa shape index (κ2) is 6.00. The Morgan fingerprint density at radius 2 is 2.00 bits per heavy atom. The fraction of sp³-hybridized carbons (Fsp3) is 0.353. The molecular formula is C17H20N2OS. The average Bonchev–Trinajstić information content (AvgIpc) is 3.11. The lowest BCUT2D eigenvalue weighted by atomic mass is 10.2. The third-order valence-electron chi connectivity index (χ3n) is 3.79. The Hall–Kier alpha value is -1.65. The van der Waals surface area contributed by atoms with E-state index < -0.39 is 6.10 Å². The summed E-state index contributed by atoms with van der Waals surface area (Å²) in [6, 6.07) is 12.3. The van der Waals surface area contributed by atoms with Crippen molar-refractivity contribution in [1.82, 2.24) is 9.55 Å². The molecule has 1 unspecified atom stereocenters. The number of hydrogen-bond donors (Lipinski definition) is 1. The fourth-order valence-corrected chi connectivity index (χ4v) is 3.61. The van der Waals surface area contributed by atoms with Crippen molar-refractivity contribution in [1.29, 1.82) is 0 Å². The summed E-state index contributed by atoms with van der Waals surface area (Å²) < 4.78 is 2.19. The molecule has 2 heterocycles. The van der Waals surface area contributed by atoms with Crippen LogP contribution in [0.25, 0.3) is 11.0 Å². The molecule has 3 nitrogen and oxygen atoms in total. The van der Waals surface area contributed by atoms with E-state index in [-0.39, 0.29) is 0 Å². The Kier molecular flexibility index (Phi) is 4.08. The maximum Gasteiger partial charge on any atom is 0.112 e. The molecule has 110 valence electrons. The van der Waals surface area contributed by atoms with Gasteiger partial charge in [0.2, 0.25) is 0 Å². The van der Waals surface area contributed by atoms with Crippen molar-refractivity contribution in [3.8, 4) is 0 Å². The number of imidazole rings is 1. The maximum atomic E-state index is 10.5. The van der Waals surface area contributed by atoms with Crippen LogP contribution in [0.5, 0.6) is 0 Å². The number of rotatable bonds is 5. The van der Waals surface area contributed by atoms with E-state index in [1.807, 2.05) is 24.3 Å². The highest BCUT2D eigenvalue weighted by Crippen LogP contribution is 2.27. The fourth-order valence-electron chi connectivity index (χ4n) is 2.67. The number of nitrogens with zero attached hydrogens (tertiary/aromatic N) is 2. The van der Waals surface area contributed by atoms with Crippen LogP contribution < -0.4 is 0 Å². The quantitative estimate of drug-likeness (QED) is 0.774. The number of thiophene rings is 1. The van der Waals surface area contributed by atoms with Crippen molar-refractivity contribution in [2.75, 3.05) is 0 Å². The van der Waals surface area contributed by atoms with Crippen LogP contribution in [-0.2, 0) is 19.4 Å². The minimum absolute atomic E-state index is 0.475. The summed E-state index contributed by atoms with van der Waals surface area (Å²) in [6.07, 6.45) is 1.11. The lowest BCUT2D eigenvalue weighted by Crippen LogP contribution is -2.07. The van der Waals surface area contributed by atoms with Crippen LogP contribution in [0, 0.1) is 0 Å². The smallest absolute Gasteiger partial charge is 0.112 e. The number of aryl methyl sites for hydroxylation is 2. The summed E-state index contributed by atoms with van der Waals surface area (Å²) in [5, 5.41) is 10.5. The molecule has 1 N–H and O–H groups in total. The van der Waals surface area contributed by atoms with Crippen molar-refractivity contribution in [2.45, 2.75) is 39.3 Å². The molecule has 0 aliphatic rings. The Morgan fingerprint density at radius 1 is 1.19 bits per heavy atom. The van der Waals surface area contributed by atoms with Crippen LogP contribution in [0.1, 0.15) is 35.5 Å². The minimum Gasteiger partial charge on any atom is -0.387 e. The number of aliphatic hydroxyl groups excluding tert-OH is 1. The molecule has 0 radical (unpaired) electrons. The molecule has 1 atom stereocenters. The van der Waals surface area contributed by atoms with Gasteiger partial charge in [-0.2, -0.15) is 0 Å². The first-order valence-corrected chi connectivity index (χ1v) is 8.25. The first kappa shape index (κ1) is 14.3. The van der Waals surface area contributed by atoms with Crippen molar-refractivity contribution in [2.24, 2.45) is 0 Å². The summed E-state index contributed by atoms with van der Waals surface area (Å²) in [6.45, 7) is 5.12. The molecule has 0 aliphatic heterocycles. The zero-order valence-electron chi connectivity index (χ0n) is 12.4. The van der Waals surface area contributed by atoms with Crippen LogP contribution in [0.3, 0.4) is 0 Å². The zero-order chi connectivity index (χ0) is 14.8. The standard InChI is InChI=1S/C17H20N2OS/c1-3-12-9-10-16(21-12)15(20)11-17-18-13-7-5-6-8-14(13)19(17)4-2/h5-10,15,20H,3-4,11H2,1-2H3. The van der Waals surface area contributed by atoms with Gasteiger partial charge in [-0.1, -0.05) is 19.1 Å². The van der Waals surface area contributed by atoms with Crippen LogP contribution in [-0.4, -0.2) is 14.7 Å². The maximum absolute atomic E-state index is 10.5. The van der Waals surface area contributed by atoms with Gasteiger partial charge < -0.3 is 9.67 Å². The van der Waals surface area contributed by atoms with Gasteiger partial charge in [0.15, 0.2) is 0 Å². The molecule has 1 aromatic carbocycles. The molecule has 21 heavy (non-hydrogen) atoms. The summed E-state index contributed by atoms with van der Waals surface area (Å²) >= 11 is 1.69. The summed E-state index contributed by atoms with van der Waals surface area (Å²) in [7, 11) is 0. The number of hydrogen-bond acceptors (Lipinski definition) is 3. The van der Waals surface area contributed by atoms with E-state index in [0.717, 1.165) is 34.7 Å². The second-order valence-corrected chi connectivity index (χ2v) is 6.34. The van der Waals surface area contributed by atoms with Gasteiger partial charge in [-0.3, -0.25) is 0 Å². The lowest BCUT2D eigenvalue weighted by molar-refractivity contribution is 0.178. The third kappa shape index (κ3) is 2.74. The summed E-state index contributed by atoms with van der Waals surface area (Å²) in [4.78, 5) is 7.03. The molecule has 0 fully saturated rings. The molecule has 3 aromatic rings. The van der Waals surface area contributed by atoms with Crippen LogP contribution >= 0.6 is 11.3 Å². The minimum atomic E-state index is -0.475. The molecule has 0 saturated carbocycles. The van der Waals surface area contributed by atoms with Gasteiger partial charge in [0.25, 0.3) is 0 Å². The highest BCUT2D eigenvalue weighted by molar-refractivity contribution is 7.12. The van der Waals surface area contributed by atoms with E-state index in [4.69, 9.17) is 0 Å². The zero-order valence-corrected chi connectivity index (χ0v) is 13.2. The second-order valence-electron chi connectivity index (χ2n) is 5.14. The molecule has 0 saturated heterocycles. The number of fused-ring (bicyclic) bond motifs is 1. The molecule has 0 amide bonds. The van der Waals surface area contributed by atoms with E-state index in [0.29, 0.717) is 6.42 Å². The highest BCUT2D eigenvalue weighted by atomic mass is 32.1. The number of aromatic nitrogens is 2. The van der Waals surface area contributed by atoms with Gasteiger partial charge >= 0.3 is 0 Å². The van der Waals surface area contributed by atoms with E-state index in [1.54, 1.807) is 11.3 Å². The number of benzene rings is 1. The molecule has 0 aliphatic carbocycles. The monoisotopic (exact) mass is 300 g/mol. The van der Waals surface area contributed by atoms with Crippen LogP contribution in [0.4, 0.5) is 0 Å². The predicted octanol–water partition coefficient (Wildman–Crippen LogP) is 3.96. The summed E-state index contributed by atoms with van der Waals surface area (Å²) in [5.74, 6) is 0.956. The largest absolute Gasteiger partial charge is 0.387 e. The average molecular weight is 300 g/mol. The van der Waals surface area contributed by atoms with Gasteiger partial charge in [-0.15, -0.1) is 11.3 Å². The van der Waals surface area contributed by atoms with Gasteiger partial charge in [0.05, 0.1) is 17.1 Å². The first-order valence-electron chi connectivity index (χ1n) is 7.43. The first-order chi connectivity index (χ1) is 10.2. The number of para-hydroxylation sites is 2. The Morgan fingerprint density at radius 3 is 2.71 bits per heavy atom. The van der Waals surface area contributed by atoms with Gasteiger partial charge in [0.1, 0.15) is 5.82 Å². The van der Waals surface area contributed by atoms with E-state index >= 15 is 0 Å². The van der Waals surface area contributed by atoms with E-state index in [2.05, 4.69) is 35.5 Å². The predicted molar refractivity (Wildman–Crippen MR) is 87.8 cm³/mol. The molecular weight excluding hydrogens is 280 g/mol. The van der Waals surface area contributed by atoms with Crippen LogP contribution in [0.2, 0.25) is 0 Å². The highest BCUT2D eigenvalue weighted by Gasteiger charge is 2.16. The molecule has 0 bridgehead atoms. The lowest BCUT2D eigenvalue weighted by Gasteiger charge is -2.10. The molecule has 2 aromatic heterocycles. The SMILES string of the molecule is CCc1ccc(C(O)Cc2nc3ccccc3n2CC)s1. The van der Waals surface area contributed by atoms with Gasteiger partial charge in [-0.25, -0.2) is 4.98 Å². The van der Waals surface area contributed by atoms with Crippen molar-refractivity contribution < 1.29 is 5.11 Å². The Balaban J connectivity index is 1.90. The molecule has 4 heteroatoms. The normalized spacial score (nSPS) is 12.9. The van der Waals surface area contributed by atoms with Gasteiger partial charge in [0, 0.05) is 22.7 Å². The molecule has 0 spiro atoms. The van der Waals surface area contributed by atoms with Crippen LogP contribution in [0.15, 0.2) is 36.4 Å². The van der Waals surface area contributed by atoms with Gasteiger partial charge in [-0.05, 0) is 37.6 Å².